The SMILES string of the molecule is CC(C)N1CCC(CN2CC(N(C)CC3CCN(C(C)I)CC3)C2)CC1. The highest BCUT2D eigenvalue weighted by Crippen LogP contribution is 2.26. The van der Waals surface area contributed by atoms with E-state index in [2.05, 4.69) is 70.0 Å². The number of piperidine rings is 2. The van der Waals surface area contributed by atoms with Gasteiger partial charge < -0.3 is 9.80 Å². The van der Waals surface area contributed by atoms with Crippen molar-refractivity contribution in [1.29, 1.82) is 0 Å². The smallest absolute Gasteiger partial charge is 0.0589 e. The van der Waals surface area contributed by atoms with Crippen molar-refractivity contribution in [3.8, 4) is 0 Å². The van der Waals surface area contributed by atoms with Gasteiger partial charge in [0.25, 0.3) is 0 Å². The quantitative estimate of drug-likeness (QED) is 0.318. The molecule has 1 atom stereocenters. The molecule has 3 fully saturated rings. The van der Waals surface area contributed by atoms with Gasteiger partial charge in [-0.2, -0.15) is 0 Å². The predicted molar refractivity (Wildman–Crippen MR) is 120 cm³/mol. The molecule has 3 aliphatic heterocycles. The number of likely N-dealkylation sites (tertiary alicyclic amines) is 3. The van der Waals surface area contributed by atoms with Crippen molar-refractivity contribution < 1.29 is 0 Å². The molecule has 0 amide bonds. The maximum Gasteiger partial charge on any atom is 0.0589 e. The molecule has 0 aromatic carbocycles. The second-order valence-electron chi connectivity index (χ2n) is 9.44. The van der Waals surface area contributed by atoms with Gasteiger partial charge >= 0.3 is 0 Å². The largest absolute Gasteiger partial charge is 0.301 e. The molecule has 1 unspecified atom stereocenters. The van der Waals surface area contributed by atoms with Crippen LogP contribution in [0.15, 0.2) is 0 Å². The zero-order chi connectivity index (χ0) is 18.7. The van der Waals surface area contributed by atoms with Crippen LogP contribution in [0, 0.1) is 11.8 Å². The molecule has 0 spiro atoms. The Morgan fingerprint density at radius 2 is 1.42 bits per heavy atom. The number of hydrogen-bond acceptors (Lipinski definition) is 4. The van der Waals surface area contributed by atoms with E-state index in [1.54, 1.807) is 0 Å². The van der Waals surface area contributed by atoms with Crippen LogP contribution in [0.3, 0.4) is 0 Å². The molecule has 0 radical (unpaired) electrons. The van der Waals surface area contributed by atoms with E-state index in [-0.39, 0.29) is 0 Å². The normalized spacial score (nSPS) is 27.3. The Labute approximate surface area is 175 Å². The minimum Gasteiger partial charge on any atom is -0.301 e. The van der Waals surface area contributed by atoms with Crippen LogP contribution in [0.5, 0.6) is 0 Å². The molecule has 26 heavy (non-hydrogen) atoms. The molecule has 0 aromatic heterocycles. The van der Waals surface area contributed by atoms with Crippen molar-refractivity contribution in [3.05, 3.63) is 0 Å². The van der Waals surface area contributed by atoms with Gasteiger partial charge in [0.15, 0.2) is 0 Å². The Bertz CT molecular complexity index is 408. The van der Waals surface area contributed by atoms with Crippen molar-refractivity contribution in [2.45, 2.75) is 62.6 Å². The van der Waals surface area contributed by atoms with Gasteiger partial charge in [0, 0.05) is 38.3 Å². The highest BCUT2D eigenvalue weighted by Gasteiger charge is 2.33. The first kappa shape index (κ1) is 21.3. The third-order valence-electron chi connectivity index (χ3n) is 7.16. The van der Waals surface area contributed by atoms with E-state index < -0.39 is 0 Å². The van der Waals surface area contributed by atoms with E-state index in [9.17, 15) is 0 Å². The molecule has 0 aliphatic carbocycles. The number of hydrogen-bond donors (Lipinski definition) is 0. The second kappa shape index (κ2) is 9.86. The fourth-order valence-corrected chi connectivity index (χ4v) is 5.59. The van der Waals surface area contributed by atoms with Gasteiger partial charge in [-0.15, -0.1) is 0 Å². The lowest BCUT2D eigenvalue weighted by molar-refractivity contribution is 0.0149. The van der Waals surface area contributed by atoms with Crippen LogP contribution < -0.4 is 0 Å². The fourth-order valence-electron chi connectivity index (χ4n) is 5.04. The molecular formula is C21H41IN4. The molecule has 3 heterocycles. The summed E-state index contributed by atoms with van der Waals surface area (Å²) in [7, 11) is 2.37. The Hall–Kier alpha value is 0.570. The summed E-state index contributed by atoms with van der Waals surface area (Å²) in [6.45, 7) is 17.5. The van der Waals surface area contributed by atoms with Crippen molar-refractivity contribution in [3.63, 3.8) is 0 Å². The first-order valence-corrected chi connectivity index (χ1v) is 12.2. The van der Waals surface area contributed by atoms with E-state index in [1.807, 2.05) is 0 Å². The van der Waals surface area contributed by atoms with Crippen LogP contribution in [-0.4, -0.2) is 95.1 Å². The van der Waals surface area contributed by atoms with Crippen LogP contribution in [0.4, 0.5) is 0 Å². The van der Waals surface area contributed by atoms with E-state index in [0.29, 0.717) is 4.05 Å². The highest BCUT2D eigenvalue weighted by atomic mass is 127. The summed E-state index contributed by atoms with van der Waals surface area (Å²) in [6, 6.07) is 1.54. The molecule has 0 bridgehead atoms. The van der Waals surface area contributed by atoms with Crippen molar-refractivity contribution in [1.82, 2.24) is 19.6 Å². The van der Waals surface area contributed by atoms with Gasteiger partial charge in [-0.05, 0) is 91.5 Å². The van der Waals surface area contributed by atoms with Crippen LogP contribution in [0.25, 0.3) is 0 Å². The van der Waals surface area contributed by atoms with Crippen molar-refractivity contribution in [2.24, 2.45) is 11.8 Å². The third kappa shape index (κ3) is 5.79. The van der Waals surface area contributed by atoms with Crippen molar-refractivity contribution >= 4 is 22.6 Å². The van der Waals surface area contributed by atoms with Gasteiger partial charge in [0.05, 0.1) is 4.05 Å². The molecule has 3 aliphatic rings. The Balaban J connectivity index is 1.29. The van der Waals surface area contributed by atoms with Gasteiger partial charge in [0.1, 0.15) is 0 Å². The monoisotopic (exact) mass is 476 g/mol. The number of halogens is 1. The van der Waals surface area contributed by atoms with E-state index in [4.69, 9.17) is 0 Å². The third-order valence-corrected chi connectivity index (χ3v) is 7.94. The molecule has 3 rings (SSSR count). The Kier molecular flexibility index (Phi) is 8.07. The fraction of sp³-hybridized carbons (Fsp3) is 1.00. The standard InChI is InChI=1S/C21H41IN4/c1-17(2)25-9-5-20(6-10-25)14-24-15-21(16-24)23(4)13-19-7-11-26(12-8-19)18(3)22/h17-21H,5-16H2,1-4H3. The lowest BCUT2D eigenvalue weighted by atomic mass is 9.92. The van der Waals surface area contributed by atoms with Crippen LogP contribution in [0.2, 0.25) is 0 Å². The lowest BCUT2D eigenvalue weighted by Crippen LogP contribution is -2.60. The molecule has 152 valence electrons. The number of rotatable bonds is 7. The van der Waals surface area contributed by atoms with E-state index >= 15 is 0 Å². The molecule has 4 nitrogen and oxygen atoms in total. The van der Waals surface area contributed by atoms with Gasteiger partial charge in [-0.1, -0.05) is 22.6 Å². The Morgan fingerprint density at radius 3 is 1.96 bits per heavy atom. The average molecular weight is 476 g/mol. The maximum absolute atomic E-state index is 2.72. The highest BCUT2D eigenvalue weighted by molar-refractivity contribution is 14.1. The zero-order valence-electron chi connectivity index (χ0n) is 17.5. The summed E-state index contributed by atoms with van der Waals surface area (Å²) in [6.07, 6.45) is 5.59. The molecule has 0 N–H and O–H groups in total. The zero-order valence-corrected chi connectivity index (χ0v) is 19.7. The molecule has 5 heteroatoms. The maximum atomic E-state index is 2.72. The average Bonchev–Trinajstić information content (AvgIpc) is 2.58. The van der Waals surface area contributed by atoms with E-state index in [1.165, 1.54) is 78.0 Å². The summed E-state index contributed by atoms with van der Waals surface area (Å²) < 4.78 is 0.693. The van der Waals surface area contributed by atoms with Crippen molar-refractivity contribution in [2.75, 3.05) is 59.4 Å². The first-order valence-electron chi connectivity index (χ1n) is 11.0. The minimum absolute atomic E-state index is 0.693. The summed E-state index contributed by atoms with van der Waals surface area (Å²) in [5.41, 5.74) is 0. The number of nitrogens with zero attached hydrogens (tertiary/aromatic N) is 4. The second-order valence-corrected chi connectivity index (χ2v) is 11.2. The van der Waals surface area contributed by atoms with E-state index in [0.717, 1.165) is 23.9 Å². The van der Waals surface area contributed by atoms with Gasteiger partial charge in [0.2, 0.25) is 0 Å². The number of alkyl halides is 1. The van der Waals surface area contributed by atoms with Gasteiger partial charge in [-0.3, -0.25) is 9.80 Å². The lowest BCUT2D eigenvalue weighted by Gasteiger charge is -2.47. The number of likely N-dealkylation sites (N-methyl/N-ethyl adjacent to an activating group) is 1. The molecule has 0 saturated carbocycles. The molecular weight excluding hydrogens is 435 g/mol. The molecule has 3 saturated heterocycles. The summed E-state index contributed by atoms with van der Waals surface area (Å²) in [5, 5.41) is 0. The topological polar surface area (TPSA) is 13.0 Å². The van der Waals surface area contributed by atoms with Crippen LogP contribution in [-0.2, 0) is 0 Å². The van der Waals surface area contributed by atoms with Crippen LogP contribution >= 0.6 is 22.6 Å². The van der Waals surface area contributed by atoms with Crippen LogP contribution in [0.1, 0.15) is 46.5 Å². The predicted octanol–water partition coefficient (Wildman–Crippen LogP) is 3.22. The summed E-state index contributed by atoms with van der Waals surface area (Å²) in [5.74, 6) is 1.86. The van der Waals surface area contributed by atoms with Gasteiger partial charge in [-0.25, -0.2) is 0 Å². The summed E-state index contributed by atoms with van der Waals surface area (Å²) in [4.78, 5) is 10.7. The first-order chi connectivity index (χ1) is 12.4. The summed E-state index contributed by atoms with van der Waals surface area (Å²) >= 11 is 2.56. The Morgan fingerprint density at radius 1 is 0.885 bits per heavy atom. The molecule has 0 aromatic rings. The minimum atomic E-state index is 0.693.